The predicted molar refractivity (Wildman–Crippen MR) is 91.1 cm³/mol. The van der Waals surface area contributed by atoms with Crippen molar-refractivity contribution in [2.75, 3.05) is 13.7 Å². The molecule has 0 bridgehead atoms. The summed E-state index contributed by atoms with van der Waals surface area (Å²) in [6.45, 7) is -0.139. The van der Waals surface area contributed by atoms with Gasteiger partial charge in [-0.2, -0.15) is 5.26 Å². The van der Waals surface area contributed by atoms with Crippen molar-refractivity contribution in [1.29, 1.82) is 5.26 Å². The van der Waals surface area contributed by atoms with Crippen molar-refractivity contribution in [3.8, 4) is 17.6 Å². The number of benzene rings is 2. The zero-order valence-electron chi connectivity index (χ0n) is 14.0. The van der Waals surface area contributed by atoms with Crippen molar-refractivity contribution in [1.82, 2.24) is 0 Å². The van der Waals surface area contributed by atoms with E-state index in [2.05, 4.69) is 4.99 Å². The summed E-state index contributed by atoms with van der Waals surface area (Å²) in [5, 5.41) is 8.58. The second-order valence-corrected chi connectivity index (χ2v) is 5.32. The molecular weight excluding hydrogens is 358 g/mol. The standard InChI is InChI=1S/C19H12F2N2O4/c1-25-17-9-11(2-5-16(17)26-7-6-22)8-15-19(24)27-18(23-15)13-4-3-12(20)10-14(13)21/h2-5,8-10H,7H2,1H3/b15-8-. The number of ether oxygens (including phenoxy) is 3. The van der Waals surface area contributed by atoms with Gasteiger partial charge in [-0.05, 0) is 35.9 Å². The fraction of sp³-hybridized carbons (Fsp3) is 0.105. The van der Waals surface area contributed by atoms with E-state index in [4.69, 9.17) is 19.5 Å². The summed E-state index contributed by atoms with van der Waals surface area (Å²) >= 11 is 0. The zero-order chi connectivity index (χ0) is 19.4. The Hall–Kier alpha value is -3.73. The Morgan fingerprint density at radius 1 is 1.22 bits per heavy atom. The maximum atomic E-state index is 13.8. The van der Waals surface area contributed by atoms with Crippen LogP contribution in [0.25, 0.3) is 6.08 Å². The maximum absolute atomic E-state index is 13.8. The SMILES string of the molecule is COc1cc(/C=C2\N=C(c3ccc(F)cc3F)OC2=O)ccc1OCC#N. The molecule has 0 amide bonds. The second kappa shape index (κ2) is 7.66. The smallest absolute Gasteiger partial charge is 0.363 e. The van der Waals surface area contributed by atoms with Crippen LogP contribution in [0.4, 0.5) is 8.78 Å². The Morgan fingerprint density at radius 3 is 2.74 bits per heavy atom. The maximum Gasteiger partial charge on any atom is 0.363 e. The molecule has 2 aromatic carbocycles. The van der Waals surface area contributed by atoms with Gasteiger partial charge in [-0.15, -0.1) is 0 Å². The molecule has 0 spiro atoms. The van der Waals surface area contributed by atoms with Gasteiger partial charge >= 0.3 is 5.97 Å². The highest BCUT2D eigenvalue weighted by molar-refractivity contribution is 6.12. The Morgan fingerprint density at radius 2 is 2.04 bits per heavy atom. The van der Waals surface area contributed by atoms with E-state index in [-0.39, 0.29) is 23.8 Å². The molecule has 27 heavy (non-hydrogen) atoms. The normalized spacial score (nSPS) is 14.5. The number of methoxy groups -OCH3 is 1. The molecule has 0 fully saturated rings. The van der Waals surface area contributed by atoms with E-state index in [0.717, 1.165) is 12.1 Å². The lowest BCUT2D eigenvalue weighted by Crippen LogP contribution is -2.07. The average Bonchev–Trinajstić information content (AvgIpc) is 3.00. The third-order valence-electron chi connectivity index (χ3n) is 3.57. The summed E-state index contributed by atoms with van der Waals surface area (Å²) in [6.07, 6.45) is 1.42. The number of hydrogen-bond acceptors (Lipinski definition) is 6. The quantitative estimate of drug-likeness (QED) is 0.596. The van der Waals surface area contributed by atoms with Gasteiger partial charge < -0.3 is 14.2 Å². The van der Waals surface area contributed by atoms with Crippen molar-refractivity contribution < 1.29 is 27.8 Å². The van der Waals surface area contributed by atoms with E-state index in [1.165, 1.54) is 13.2 Å². The largest absolute Gasteiger partial charge is 0.493 e. The topological polar surface area (TPSA) is 80.9 Å². The van der Waals surface area contributed by atoms with Crippen LogP contribution in [0, 0.1) is 23.0 Å². The first-order chi connectivity index (χ1) is 13.0. The molecule has 3 rings (SSSR count). The van der Waals surface area contributed by atoms with E-state index in [0.29, 0.717) is 23.1 Å². The van der Waals surface area contributed by atoms with Gasteiger partial charge in [0.15, 0.2) is 23.8 Å². The number of carbonyl (C=O) groups is 1. The first kappa shape index (κ1) is 18.1. The molecule has 0 N–H and O–H groups in total. The highest BCUT2D eigenvalue weighted by Crippen LogP contribution is 2.30. The van der Waals surface area contributed by atoms with E-state index < -0.39 is 17.6 Å². The summed E-state index contributed by atoms with van der Waals surface area (Å²) in [6, 6.07) is 9.50. The van der Waals surface area contributed by atoms with E-state index in [9.17, 15) is 13.6 Å². The van der Waals surface area contributed by atoms with Crippen molar-refractivity contribution in [3.05, 3.63) is 64.9 Å². The van der Waals surface area contributed by atoms with Crippen LogP contribution in [-0.4, -0.2) is 25.6 Å². The van der Waals surface area contributed by atoms with Crippen LogP contribution in [0.1, 0.15) is 11.1 Å². The molecule has 0 saturated heterocycles. The molecule has 6 nitrogen and oxygen atoms in total. The summed E-state index contributed by atoms with van der Waals surface area (Å²) in [5.41, 5.74) is 0.375. The minimum Gasteiger partial charge on any atom is -0.493 e. The van der Waals surface area contributed by atoms with Crippen LogP contribution in [0.5, 0.6) is 11.5 Å². The molecule has 1 aliphatic rings. The number of esters is 1. The third kappa shape index (κ3) is 3.93. The van der Waals surface area contributed by atoms with Crippen molar-refractivity contribution in [2.45, 2.75) is 0 Å². The summed E-state index contributed by atoms with van der Waals surface area (Å²) in [5.74, 6) is -1.92. The number of carbonyl (C=O) groups excluding carboxylic acids is 1. The minimum absolute atomic E-state index is 0.0542. The van der Waals surface area contributed by atoms with Crippen LogP contribution in [-0.2, 0) is 9.53 Å². The molecule has 1 aliphatic heterocycles. The van der Waals surface area contributed by atoms with Crippen LogP contribution >= 0.6 is 0 Å². The monoisotopic (exact) mass is 370 g/mol. The molecule has 0 saturated carbocycles. The fourth-order valence-electron chi connectivity index (χ4n) is 2.35. The van der Waals surface area contributed by atoms with Crippen LogP contribution in [0.3, 0.4) is 0 Å². The predicted octanol–water partition coefficient (Wildman–Crippen LogP) is 3.22. The molecule has 0 aromatic heterocycles. The molecule has 2 aromatic rings. The van der Waals surface area contributed by atoms with Crippen LogP contribution in [0.2, 0.25) is 0 Å². The molecule has 136 valence electrons. The Balaban J connectivity index is 1.91. The van der Waals surface area contributed by atoms with Gasteiger partial charge in [0.25, 0.3) is 0 Å². The lowest BCUT2D eigenvalue weighted by atomic mass is 10.1. The highest BCUT2D eigenvalue weighted by Gasteiger charge is 2.26. The number of halogens is 2. The lowest BCUT2D eigenvalue weighted by Gasteiger charge is -2.08. The molecule has 0 radical (unpaired) electrons. The molecule has 1 heterocycles. The number of rotatable bonds is 5. The Labute approximate surface area is 152 Å². The Kier molecular flexibility index (Phi) is 5.13. The van der Waals surface area contributed by atoms with Crippen molar-refractivity contribution in [2.24, 2.45) is 4.99 Å². The van der Waals surface area contributed by atoms with Gasteiger partial charge in [-0.25, -0.2) is 18.6 Å². The van der Waals surface area contributed by atoms with Gasteiger partial charge in [-0.1, -0.05) is 6.07 Å². The van der Waals surface area contributed by atoms with Crippen molar-refractivity contribution >= 4 is 17.9 Å². The summed E-state index contributed by atoms with van der Waals surface area (Å²) in [4.78, 5) is 16.0. The molecule has 8 heteroatoms. The van der Waals surface area contributed by atoms with Gasteiger partial charge in [0.05, 0.1) is 12.7 Å². The molecule has 0 unspecified atom stereocenters. The van der Waals surface area contributed by atoms with Gasteiger partial charge in [0.2, 0.25) is 5.90 Å². The molecule has 0 aliphatic carbocycles. The third-order valence-corrected chi connectivity index (χ3v) is 3.57. The number of aliphatic imine (C=N–C) groups is 1. The van der Waals surface area contributed by atoms with Crippen LogP contribution < -0.4 is 9.47 Å². The fourth-order valence-corrected chi connectivity index (χ4v) is 2.35. The minimum atomic E-state index is -0.886. The Bertz CT molecular complexity index is 1010. The lowest BCUT2D eigenvalue weighted by molar-refractivity contribution is -0.129. The second-order valence-electron chi connectivity index (χ2n) is 5.32. The number of nitriles is 1. The summed E-state index contributed by atoms with van der Waals surface area (Å²) in [7, 11) is 1.43. The zero-order valence-corrected chi connectivity index (χ0v) is 14.0. The number of hydrogen-bond donors (Lipinski definition) is 0. The first-order valence-corrected chi connectivity index (χ1v) is 7.67. The molecule has 0 atom stereocenters. The van der Waals surface area contributed by atoms with E-state index in [1.54, 1.807) is 18.2 Å². The van der Waals surface area contributed by atoms with E-state index in [1.807, 2.05) is 6.07 Å². The first-order valence-electron chi connectivity index (χ1n) is 7.67. The molecular formula is C19H12F2N2O4. The van der Waals surface area contributed by atoms with Crippen LogP contribution in [0.15, 0.2) is 47.1 Å². The van der Waals surface area contributed by atoms with Gasteiger partial charge in [-0.3, -0.25) is 0 Å². The van der Waals surface area contributed by atoms with E-state index >= 15 is 0 Å². The number of cyclic esters (lactones) is 1. The van der Waals surface area contributed by atoms with Gasteiger partial charge in [0.1, 0.15) is 17.7 Å². The average molecular weight is 370 g/mol. The van der Waals surface area contributed by atoms with Gasteiger partial charge in [0, 0.05) is 6.07 Å². The highest BCUT2D eigenvalue weighted by atomic mass is 19.1. The number of nitrogens with zero attached hydrogens (tertiary/aromatic N) is 2. The van der Waals surface area contributed by atoms with Crippen molar-refractivity contribution in [3.63, 3.8) is 0 Å². The summed E-state index contributed by atoms with van der Waals surface area (Å²) < 4.78 is 42.2.